The summed E-state index contributed by atoms with van der Waals surface area (Å²) in [6, 6.07) is 3.62. The van der Waals surface area contributed by atoms with E-state index >= 15 is 0 Å². The fraction of sp³-hybridized carbons (Fsp3) is 0.200. The molecule has 0 aliphatic heterocycles. The van der Waals surface area contributed by atoms with Crippen molar-refractivity contribution in [2.24, 2.45) is 0 Å². The molecular formula is C10H9IO2. The Balaban J connectivity index is 3.47. The maximum Gasteiger partial charge on any atom is 0.161 e. The minimum Gasteiger partial charge on any atom is -0.298 e. The van der Waals surface area contributed by atoms with Crippen LogP contribution in [0.25, 0.3) is 0 Å². The zero-order valence-corrected chi connectivity index (χ0v) is 9.58. The smallest absolute Gasteiger partial charge is 0.161 e. The van der Waals surface area contributed by atoms with Crippen LogP contribution in [0.4, 0.5) is 0 Å². The Kier molecular flexibility index (Phi) is 3.19. The molecule has 0 amide bonds. The van der Waals surface area contributed by atoms with E-state index in [2.05, 4.69) is 22.6 Å². The molecule has 0 radical (unpaired) electrons. The van der Waals surface area contributed by atoms with Crippen LogP contribution < -0.4 is 0 Å². The second-order valence-corrected chi connectivity index (χ2v) is 4.05. The minimum absolute atomic E-state index is 0.0634. The molecular weight excluding hydrogens is 279 g/mol. The molecule has 0 N–H and O–H groups in total. The number of carbonyl (C=O) groups excluding carboxylic acids is 2. The van der Waals surface area contributed by atoms with E-state index in [1.807, 2.05) is 13.0 Å². The molecule has 0 bridgehead atoms. The van der Waals surface area contributed by atoms with E-state index in [-0.39, 0.29) is 5.78 Å². The molecule has 0 fully saturated rings. The van der Waals surface area contributed by atoms with E-state index in [0.29, 0.717) is 11.1 Å². The lowest BCUT2D eigenvalue weighted by molar-refractivity contribution is 0.100. The van der Waals surface area contributed by atoms with Crippen molar-refractivity contribution in [3.8, 4) is 0 Å². The molecule has 13 heavy (non-hydrogen) atoms. The summed E-state index contributed by atoms with van der Waals surface area (Å²) in [6.45, 7) is 3.37. The average molecular weight is 288 g/mol. The zero-order valence-electron chi connectivity index (χ0n) is 7.43. The highest BCUT2D eigenvalue weighted by Crippen LogP contribution is 2.18. The average Bonchev–Trinajstić information content (AvgIpc) is 2.01. The highest BCUT2D eigenvalue weighted by Gasteiger charge is 2.11. The lowest BCUT2D eigenvalue weighted by Gasteiger charge is -2.04. The number of benzene rings is 1. The summed E-state index contributed by atoms with van der Waals surface area (Å²) in [5, 5.41) is 0. The van der Waals surface area contributed by atoms with Gasteiger partial charge in [-0.1, -0.05) is 0 Å². The normalized spacial score (nSPS) is 9.77. The highest BCUT2D eigenvalue weighted by atomic mass is 127. The molecule has 0 unspecified atom stereocenters. The van der Waals surface area contributed by atoms with Crippen LogP contribution in [0, 0.1) is 10.5 Å². The fourth-order valence-electron chi connectivity index (χ4n) is 1.23. The number of hydrogen-bond acceptors (Lipinski definition) is 2. The van der Waals surface area contributed by atoms with Gasteiger partial charge in [0.1, 0.15) is 0 Å². The third kappa shape index (κ3) is 2.15. The molecule has 0 aliphatic rings. The van der Waals surface area contributed by atoms with Gasteiger partial charge in [0.25, 0.3) is 0 Å². The predicted molar refractivity (Wildman–Crippen MR) is 59.3 cm³/mol. The van der Waals surface area contributed by atoms with Crippen LogP contribution in [0.2, 0.25) is 0 Å². The third-order valence-corrected chi connectivity index (χ3v) is 2.59. The number of ketones is 1. The van der Waals surface area contributed by atoms with Crippen LogP contribution >= 0.6 is 22.6 Å². The summed E-state index contributed by atoms with van der Waals surface area (Å²) < 4.78 is 0.840. The van der Waals surface area contributed by atoms with Gasteiger partial charge in [-0.2, -0.15) is 0 Å². The van der Waals surface area contributed by atoms with Crippen LogP contribution in [0.1, 0.15) is 33.2 Å². The van der Waals surface area contributed by atoms with Crippen molar-refractivity contribution >= 4 is 34.7 Å². The SMILES string of the molecule is CC(=O)c1c(I)cc(C)cc1C=O. The Hall–Kier alpha value is -0.710. The summed E-state index contributed by atoms with van der Waals surface area (Å²) in [7, 11) is 0. The van der Waals surface area contributed by atoms with Crippen molar-refractivity contribution in [2.75, 3.05) is 0 Å². The van der Waals surface area contributed by atoms with Gasteiger partial charge >= 0.3 is 0 Å². The molecule has 3 heteroatoms. The van der Waals surface area contributed by atoms with Gasteiger partial charge < -0.3 is 0 Å². The maximum atomic E-state index is 11.2. The largest absolute Gasteiger partial charge is 0.298 e. The standard InChI is InChI=1S/C10H9IO2/c1-6-3-8(5-12)10(7(2)13)9(11)4-6/h3-5H,1-2H3. The van der Waals surface area contributed by atoms with Crippen LogP contribution in [-0.2, 0) is 0 Å². The number of halogens is 1. The summed E-state index contributed by atoms with van der Waals surface area (Å²) in [6.07, 6.45) is 0.728. The van der Waals surface area contributed by atoms with Crippen LogP contribution in [-0.4, -0.2) is 12.1 Å². The van der Waals surface area contributed by atoms with Gasteiger partial charge in [-0.05, 0) is 54.1 Å². The summed E-state index contributed by atoms with van der Waals surface area (Å²) in [4.78, 5) is 21.9. The first-order valence-corrected chi connectivity index (χ1v) is 4.90. The van der Waals surface area contributed by atoms with E-state index in [9.17, 15) is 9.59 Å². The lowest BCUT2D eigenvalue weighted by atomic mass is 10.0. The second kappa shape index (κ2) is 4.00. The number of aryl methyl sites for hydroxylation is 1. The van der Waals surface area contributed by atoms with Gasteiger partial charge in [-0.25, -0.2) is 0 Å². The fourth-order valence-corrected chi connectivity index (χ4v) is 2.42. The molecule has 0 atom stereocenters. The Labute approximate surface area is 90.5 Å². The van der Waals surface area contributed by atoms with Crippen LogP contribution in [0.5, 0.6) is 0 Å². The zero-order chi connectivity index (χ0) is 10.0. The number of carbonyl (C=O) groups is 2. The van der Waals surface area contributed by atoms with Gasteiger partial charge in [-0.3, -0.25) is 9.59 Å². The van der Waals surface area contributed by atoms with E-state index in [4.69, 9.17) is 0 Å². The van der Waals surface area contributed by atoms with E-state index < -0.39 is 0 Å². The molecule has 1 rings (SSSR count). The van der Waals surface area contributed by atoms with Gasteiger partial charge in [0, 0.05) is 14.7 Å². The second-order valence-electron chi connectivity index (χ2n) is 2.89. The molecule has 1 aromatic carbocycles. The highest BCUT2D eigenvalue weighted by molar-refractivity contribution is 14.1. The molecule has 0 spiro atoms. The van der Waals surface area contributed by atoms with E-state index in [1.165, 1.54) is 6.92 Å². The van der Waals surface area contributed by atoms with Crippen molar-refractivity contribution < 1.29 is 9.59 Å². The van der Waals surface area contributed by atoms with E-state index in [0.717, 1.165) is 15.4 Å². The third-order valence-electron chi connectivity index (χ3n) is 1.74. The summed E-state index contributed by atoms with van der Waals surface area (Å²) in [5.41, 5.74) is 2.01. The van der Waals surface area contributed by atoms with Crippen molar-refractivity contribution in [3.05, 3.63) is 32.4 Å². The Morgan fingerprint density at radius 3 is 2.54 bits per heavy atom. The first-order chi connectivity index (χ1) is 6.06. The van der Waals surface area contributed by atoms with Gasteiger partial charge in [0.2, 0.25) is 0 Å². The Morgan fingerprint density at radius 1 is 1.46 bits per heavy atom. The number of aldehydes is 1. The molecule has 0 aliphatic carbocycles. The topological polar surface area (TPSA) is 34.1 Å². The van der Waals surface area contributed by atoms with Crippen molar-refractivity contribution in [1.82, 2.24) is 0 Å². The first kappa shape index (κ1) is 10.4. The predicted octanol–water partition coefficient (Wildman–Crippen LogP) is 2.61. The molecule has 2 nitrogen and oxygen atoms in total. The summed E-state index contributed by atoms with van der Waals surface area (Å²) >= 11 is 2.07. The molecule has 0 heterocycles. The monoisotopic (exact) mass is 288 g/mol. The minimum atomic E-state index is -0.0634. The molecule has 0 aromatic heterocycles. The number of hydrogen-bond donors (Lipinski definition) is 0. The number of Topliss-reactive ketones (excluding diaryl/α,β-unsaturated/α-hetero) is 1. The maximum absolute atomic E-state index is 11.2. The van der Waals surface area contributed by atoms with Crippen molar-refractivity contribution in [1.29, 1.82) is 0 Å². The van der Waals surface area contributed by atoms with Crippen LogP contribution in [0.15, 0.2) is 12.1 Å². The number of rotatable bonds is 2. The Bertz CT molecular complexity index is 369. The quantitative estimate of drug-likeness (QED) is 0.476. The van der Waals surface area contributed by atoms with E-state index in [1.54, 1.807) is 6.07 Å². The lowest BCUT2D eigenvalue weighted by Crippen LogP contribution is -2.02. The van der Waals surface area contributed by atoms with Gasteiger partial charge in [0.05, 0.1) is 0 Å². The molecule has 1 aromatic rings. The van der Waals surface area contributed by atoms with Gasteiger partial charge in [-0.15, -0.1) is 0 Å². The molecule has 68 valence electrons. The summed E-state index contributed by atoms with van der Waals surface area (Å²) in [5.74, 6) is -0.0634. The first-order valence-electron chi connectivity index (χ1n) is 3.82. The van der Waals surface area contributed by atoms with Crippen molar-refractivity contribution in [3.63, 3.8) is 0 Å². The van der Waals surface area contributed by atoms with Gasteiger partial charge in [0.15, 0.2) is 12.1 Å². The van der Waals surface area contributed by atoms with Crippen molar-refractivity contribution in [2.45, 2.75) is 13.8 Å². The molecule has 0 saturated carbocycles. The molecule has 0 saturated heterocycles. The van der Waals surface area contributed by atoms with Crippen LogP contribution in [0.3, 0.4) is 0 Å². The Morgan fingerprint density at radius 2 is 2.08 bits per heavy atom.